The number of hydrogen-bond acceptors (Lipinski definition) is 5. The van der Waals surface area contributed by atoms with Gasteiger partial charge in [-0.2, -0.15) is 4.31 Å². The van der Waals surface area contributed by atoms with E-state index in [1.807, 2.05) is 4.90 Å². The smallest absolute Gasteiger partial charge is 0.405 e. The van der Waals surface area contributed by atoms with Gasteiger partial charge in [-0.25, -0.2) is 17.2 Å². The second-order valence-electron chi connectivity index (χ2n) is 9.25. The zero-order valence-corrected chi connectivity index (χ0v) is 21.7. The minimum absolute atomic E-state index is 0. The van der Waals surface area contributed by atoms with Crippen molar-refractivity contribution in [3.8, 4) is 5.75 Å². The average molecular weight is 563 g/mol. The van der Waals surface area contributed by atoms with Gasteiger partial charge in [-0.1, -0.05) is 19.1 Å². The van der Waals surface area contributed by atoms with Crippen LogP contribution in [-0.4, -0.2) is 73.2 Å². The largest absolute Gasteiger partial charge is 0.573 e. The molecule has 206 valence electrons. The van der Waals surface area contributed by atoms with Gasteiger partial charge in [0.25, 0.3) is 0 Å². The molecule has 1 saturated heterocycles. The zero-order chi connectivity index (χ0) is 25.9. The normalized spacial score (nSPS) is 20.9. The van der Waals surface area contributed by atoms with E-state index in [-0.39, 0.29) is 75.3 Å². The summed E-state index contributed by atoms with van der Waals surface area (Å²) < 4.78 is 96.4. The molecule has 0 radical (unpaired) electrons. The highest BCUT2D eigenvalue weighted by molar-refractivity contribution is 7.89. The average Bonchev–Trinajstić information content (AvgIpc) is 2.78. The Hall–Kier alpha value is -1.50. The summed E-state index contributed by atoms with van der Waals surface area (Å²) in [6.45, 7) is 2.93. The van der Waals surface area contributed by atoms with Crippen LogP contribution in [0.2, 0.25) is 0 Å². The molecule has 6 nitrogen and oxygen atoms in total. The van der Waals surface area contributed by atoms with E-state index in [1.165, 1.54) is 22.5 Å². The van der Waals surface area contributed by atoms with Crippen molar-refractivity contribution in [3.05, 3.63) is 29.8 Å². The van der Waals surface area contributed by atoms with Crippen LogP contribution in [0.1, 0.15) is 62.2 Å². The maximum absolute atomic E-state index is 14.0. The number of Topliss-reactive ketones (excluding diaryl/α,β-unsaturated/α-hetero) is 1. The lowest BCUT2D eigenvalue weighted by molar-refractivity contribution is -0.274. The van der Waals surface area contributed by atoms with Crippen molar-refractivity contribution < 1.29 is 39.9 Å². The fraction of sp³-hybridized carbons (Fsp3) is 0.696. The number of nitrogens with zero attached hydrogens (tertiary/aromatic N) is 2. The summed E-state index contributed by atoms with van der Waals surface area (Å²) in [6, 6.07) is 5.08. The van der Waals surface area contributed by atoms with E-state index >= 15 is 0 Å². The van der Waals surface area contributed by atoms with Crippen molar-refractivity contribution in [1.82, 2.24) is 9.21 Å². The van der Waals surface area contributed by atoms with Crippen LogP contribution in [0, 0.1) is 0 Å². The molecule has 1 aliphatic carbocycles. The first-order chi connectivity index (χ1) is 16.3. The van der Waals surface area contributed by atoms with Crippen molar-refractivity contribution in [2.24, 2.45) is 0 Å². The molecule has 0 N–H and O–H groups in total. The van der Waals surface area contributed by atoms with Gasteiger partial charge in [0.15, 0.2) is 5.78 Å². The number of carbonyl (C=O) groups excluding carboxylic acids is 1. The fourth-order valence-electron chi connectivity index (χ4n) is 5.02. The molecule has 0 amide bonds. The van der Waals surface area contributed by atoms with Gasteiger partial charge in [0.1, 0.15) is 5.75 Å². The summed E-state index contributed by atoms with van der Waals surface area (Å²) in [5.41, 5.74) is -0.964. The van der Waals surface area contributed by atoms with E-state index in [0.29, 0.717) is 19.5 Å². The molecule has 1 aliphatic heterocycles. The number of carbonyl (C=O) groups is 1. The molecule has 1 saturated carbocycles. The molecular weight excluding hydrogens is 531 g/mol. The maximum atomic E-state index is 14.0. The van der Waals surface area contributed by atoms with Crippen molar-refractivity contribution in [2.45, 2.75) is 69.7 Å². The molecule has 2 aliphatic rings. The second-order valence-corrected chi connectivity index (χ2v) is 11.3. The SMILES string of the molecule is CCCS(=O)(=O)N1CCN(C2(CCC(=O)c3ccccc3OC(F)(F)F)CCC(F)(F)CC2)CC1.Cl. The van der Waals surface area contributed by atoms with E-state index in [4.69, 9.17) is 0 Å². The lowest BCUT2D eigenvalue weighted by Crippen LogP contribution is -2.60. The van der Waals surface area contributed by atoms with Crippen LogP contribution in [0.5, 0.6) is 5.75 Å². The van der Waals surface area contributed by atoms with Gasteiger partial charge in [0.05, 0.1) is 11.3 Å². The summed E-state index contributed by atoms with van der Waals surface area (Å²) in [4.78, 5) is 14.9. The van der Waals surface area contributed by atoms with Crippen molar-refractivity contribution >= 4 is 28.2 Å². The number of para-hydroxylation sites is 1. The summed E-state index contributed by atoms with van der Waals surface area (Å²) in [5, 5.41) is 0. The number of hydrogen-bond donors (Lipinski definition) is 0. The summed E-state index contributed by atoms with van der Waals surface area (Å²) in [6.07, 6.45) is -4.90. The Morgan fingerprint density at radius 3 is 2.17 bits per heavy atom. The van der Waals surface area contributed by atoms with Gasteiger partial charge in [-0.15, -0.1) is 25.6 Å². The molecule has 2 fully saturated rings. The quantitative estimate of drug-likeness (QED) is 0.303. The lowest BCUT2D eigenvalue weighted by atomic mass is 9.74. The lowest BCUT2D eigenvalue weighted by Gasteiger charge is -2.51. The highest BCUT2D eigenvalue weighted by Gasteiger charge is 2.47. The third-order valence-corrected chi connectivity index (χ3v) is 8.98. The predicted octanol–water partition coefficient (Wildman–Crippen LogP) is 5.28. The first-order valence-corrected chi connectivity index (χ1v) is 13.4. The van der Waals surface area contributed by atoms with E-state index < -0.39 is 39.4 Å². The van der Waals surface area contributed by atoms with E-state index in [0.717, 1.165) is 6.07 Å². The Labute approximate surface area is 214 Å². The van der Waals surface area contributed by atoms with Gasteiger partial charge in [0.2, 0.25) is 15.9 Å². The van der Waals surface area contributed by atoms with Gasteiger partial charge >= 0.3 is 6.36 Å². The molecule has 0 aromatic heterocycles. The number of sulfonamides is 1. The molecule has 0 spiro atoms. The third kappa shape index (κ3) is 7.75. The molecule has 0 atom stereocenters. The monoisotopic (exact) mass is 562 g/mol. The highest BCUT2D eigenvalue weighted by atomic mass is 35.5. The molecule has 13 heteroatoms. The molecule has 1 aromatic rings. The van der Waals surface area contributed by atoms with Crippen LogP contribution in [0.15, 0.2) is 24.3 Å². The number of ketones is 1. The highest BCUT2D eigenvalue weighted by Crippen LogP contribution is 2.44. The number of ether oxygens (including phenoxy) is 1. The molecular formula is C23H32ClF5N2O4S. The van der Waals surface area contributed by atoms with Crippen LogP contribution in [0.25, 0.3) is 0 Å². The van der Waals surface area contributed by atoms with Gasteiger partial charge in [-0.3, -0.25) is 9.69 Å². The van der Waals surface area contributed by atoms with E-state index in [2.05, 4.69) is 4.74 Å². The first-order valence-electron chi connectivity index (χ1n) is 11.8. The summed E-state index contributed by atoms with van der Waals surface area (Å²) in [7, 11) is -3.38. The van der Waals surface area contributed by atoms with Gasteiger partial charge < -0.3 is 4.74 Å². The number of benzene rings is 1. The first kappa shape index (κ1) is 30.7. The molecule has 0 unspecified atom stereocenters. The maximum Gasteiger partial charge on any atom is 0.573 e. The molecule has 3 rings (SSSR count). The van der Waals surface area contributed by atoms with Crippen LogP contribution in [0.3, 0.4) is 0 Å². The molecule has 1 aromatic carbocycles. The van der Waals surface area contributed by atoms with Crippen LogP contribution >= 0.6 is 12.4 Å². The van der Waals surface area contributed by atoms with E-state index in [1.54, 1.807) is 6.92 Å². The van der Waals surface area contributed by atoms with Gasteiger partial charge in [0, 0.05) is 51.0 Å². The minimum Gasteiger partial charge on any atom is -0.405 e. The topological polar surface area (TPSA) is 66.9 Å². The van der Waals surface area contributed by atoms with Crippen molar-refractivity contribution in [3.63, 3.8) is 0 Å². The van der Waals surface area contributed by atoms with Crippen LogP contribution < -0.4 is 4.74 Å². The van der Waals surface area contributed by atoms with E-state index in [9.17, 15) is 35.2 Å². The molecule has 1 heterocycles. The number of alkyl halides is 5. The molecule has 0 bridgehead atoms. The second kappa shape index (κ2) is 11.9. The Morgan fingerprint density at radius 2 is 1.61 bits per heavy atom. The third-order valence-electron chi connectivity index (χ3n) is 6.91. The number of piperazine rings is 1. The Bertz CT molecular complexity index is 988. The Balaban J connectivity index is 0.00000456. The predicted molar refractivity (Wildman–Crippen MR) is 127 cm³/mol. The van der Waals surface area contributed by atoms with Crippen LogP contribution in [0.4, 0.5) is 22.0 Å². The van der Waals surface area contributed by atoms with Gasteiger partial charge in [-0.05, 0) is 37.8 Å². The minimum atomic E-state index is -4.95. The summed E-state index contributed by atoms with van der Waals surface area (Å²) in [5.74, 6) is -3.93. The number of rotatable bonds is 9. The van der Waals surface area contributed by atoms with Crippen molar-refractivity contribution in [2.75, 3.05) is 31.9 Å². The number of halogens is 6. The Kier molecular flexibility index (Phi) is 10.2. The molecule has 36 heavy (non-hydrogen) atoms. The Morgan fingerprint density at radius 1 is 1.03 bits per heavy atom. The van der Waals surface area contributed by atoms with Crippen molar-refractivity contribution in [1.29, 1.82) is 0 Å². The zero-order valence-electron chi connectivity index (χ0n) is 20.0. The fourth-order valence-corrected chi connectivity index (χ4v) is 6.52. The summed E-state index contributed by atoms with van der Waals surface area (Å²) >= 11 is 0. The standard InChI is InChI=1S/C23H31F5N2O4S.ClH/c1-2-17-35(32,33)30-15-13-29(14-16-30)21(9-11-22(24,25)12-10-21)8-7-19(31)18-5-3-4-6-20(18)34-23(26,27)28;/h3-6H,2,7-17H2,1H3;1H. The van der Waals surface area contributed by atoms with Crippen LogP contribution in [-0.2, 0) is 10.0 Å².